The number of hydrogen-bond donors (Lipinski definition) is 1. The van der Waals surface area contributed by atoms with Crippen molar-refractivity contribution in [1.29, 1.82) is 0 Å². The first kappa shape index (κ1) is 19.3. The minimum atomic E-state index is -0.403. The highest BCUT2D eigenvalue weighted by molar-refractivity contribution is 8.00. The second kappa shape index (κ2) is 8.87. The summed E-state index contributed by atoms with van der Waals surface area (Å²) in [6.45, 7) is 5.57. The third kappa shape index (κ3) is 4.97. The molecule has 2 heterocycles. The molecule has 2 amide bonds. The van der Waals surface area contributed by atoms with Gasteiger partial charge in [-0.3, -0.25) is 9.59 Å². The van der Waals surface area contributed by atoms with Crippen LogP contribution >= 0.6 is 23.1 Å². The molecule has 0 saturated carbocycles. The van der Waals surface area contributed by atoms with Gasteiger partial charge in [0.1, 0.15) is 11.4 Å². The molecule has 0 aliphatic carbocycles. The molecule has 2 atom stereocenters. The molecule has 2 rings (SSSR count). The van der Waals surface area contributed by atoms with Gasteiger partial charge in [-0.2, -0.15) is 11.3 Å². The van der Waals surface area contributed by atoms with E-state index in [1.165, 1.54) is 0 Å². The summed E-state index contributed by atoms with van der Waals surface area (Å²) in [4.78, 5) is 29.1. The van der Waals surface area contributed by atoms with Crippen molar-refractivity contribution in [3.63, 3.8) is 0 Å². The summed E-state index contributed by atoms with van der Waals surface area (Å²) >= 11 is 3.24. The van der Waals surface area contributed by atoms with Crippen LogP contribution in [0.5, 0.6) is 0 Å². The molecule has 134 valence electrons. The number of carbonyl (C=O) groups is 2. The molecule has 1 aliphatic rings. The summed E-state index contributed by atoms with van der Waals surface area (Å²) in [6, 6.07) is 1.64. The first-order valence-electron chi connectivity index (χ1n) is 8.27. The third-order valence-electron chi connectivity index (χ3n) is 3.92. The Hall–Kier alpha value is -1.05. The van der Waals surface area contributed by atoms with Crippen molar-refractivity contribution < 1.29 is 9.59 Å². The van der Waals surface area contributed by atoms with Gasteiger partial charge in [0, 0.05) is 13.1 Å². The zero-order valence-corrected chi connectivity index (χ0v) is 16.5. The lowest BCUT2D eigenvalue weighted by Gasteiger charge is -2.32. The lowest BCUT2D eigenvalue weighted by Crippen LogP contribution is -2.50. The summed E-state index contributed by atoms with van der Waals surface area (Å²) in [5.41, 5.74) is 1.12. The van der Waals surface area contributed by atoms with Crippen molar-refractivity contribution in [1.82, 2.24) is 15.1 Å². The lowest BCUT2D eigenvalue weighted by molar-refractivity contribution is -0.139. The fraction of sp³-hybridized carbons (Fsp3) is 0.647. The average Bonchev–Trinajstić information content (AvgIpc) is 3.13. The Morgan fingerprint density at radius 3 is 2.79 bits per heavy atom. The molecular weight excluding hydrogens is 342 g/mol. The number of carbonyl (C=O) groups excluding carboxylic acids is 2. The molecule has 0 bridgehead atoms. The van der Waals surface area contributed by atoms with E-state index in [4.69, 9.17) is 0 Å². The Kier molecular flexibility index (Phi) is 7.13. The maximum absolute atomic E-state index is 12.8. The number of likely N-dealkylation sites (N-methyl/N-ethyl adjacent to an activating group) is 1. The van der Waals surface area contributed by atoms with Crippen molar-refractivity contribution in [3.8, 4) is 0 Å². The Morgan fingerprint density at radius 1 is 1.46 bits per heavy atom. The molecular formula is C17H27N3O2S2. The van der Waals surface area contributed by atoms with Crippen LogP contribution in [0, 0.1) is 5.92 Å². The highest BCUT2D eigenvalue weighted by Gasteiger charge is 2.41. The molecule has 1 aromatic rings. The number of nitrogens with zero attached hydrogens (tertiary/aromatic N) is 2. The van der Waals surface area contributed by atoms with Gasteiger partial charge in [0.2, 0.25) is 11.8 Å². The van der Waals surface area contributed by atoms with Crippen molar-refractivity contribution in [3.05, 3.63) is 22.4 Å². The Labute approximate surface area is 152 Å². The van der Waals surface area contributed by atoms with E-state index in [0.29, 0.717) is 24.6 Å². The van der Waals surface area contributed by atoms with Gasteiger partial charge < -0.3 is 15.1 Å². The molecule has 1 aromatic heterocycles. The SMILES string of the molecule is CC(C)CC(C(=O)NCCN(C)C)N1C(=O)CSC1c1ccsc1. The van der Waals surface area contributed by atoms with Crippen molar-refractivity contribution in [2.75, 3.05) is 32.9 Å². The van der Waals surface area contributed by atoms with Crippen molar-refractivity contribution in [2.45, 2.75) is 31.7 Å². The number of rotatable bonds is 8. The summed E-state index contributed by atoms with van der Waals surface area (Å²) < 4.78 is 0. The van der Waals surface area contributed by atoms with Crippen LogP contribution in [0.15, 0.2) is 16.8 Å². The summed E-state index contributed by atoms with van der Waals surface area (Å²) in [5, 5.41) is 7.04. The third-order valence-corrected chi connectivity index (χ3v) is 5.86. The van der Waals surface area contributed by atoms with E-state index in [0.717, 1.165) is 12.1 Å². The van der Waals surface area contributed by atoms with E-state index in [2.05, 4.69) is 24.5 Å². The maximum atomic E-state index is 12.8. The van der Waals surface area contributed by atoms with Crippen LogP contribution < -0.4 is 5.32 Å². The first-order valence-corrected chi connectivity index (χ1v) is 10.3. The summed E-state index contributed by atoms with van der Waals surface area (Å²) in [6.07, 6.45) is 0.681. The van der Waals surface area contributed by atoms with E-state index in [9.17, 15) is 9.59 Å². The molecule has 1 fully saturated rings. The van der Waals surface area contributed by atoms with Gasteiger partial charge in [-0.25, -0.2) is 0 Å². The maximum Gasteiger partial charge on any atom is 0.242 e. The normalized spacial score (nSPS) is 19.3. The van der Waals surface area contributed by atoms with Gasteiger partial charge in [0.05, 0.1) is 5.75 Å². The smallest absolute Gasteiger partial charge is 0.242 e. The second-order valence-electron chi connectivity index (χ2n) is 6.76. The number of hydrogen-bond acceptors (Lipinski definition) is 5. The van der Waals surface area contributed by atoms with E-state index in [-0.39, 0.29) is 17.2 Å². The number of amides is 2. The quantitative estimate of drug-likeness (QED) is 0.765. The molecule has 0 spiro atoms. The fourth-order valence-corrected chi connectivity index (χ4v) is 4.74. The zero-order valence-electron chi connectivity index (χ0n) is 14.8. The van der Waals surface area contributed by atoms with Crippen LogP contribution in [0.1, 0.15) is 31.2 Å². The number of nitrogens with one attached hydrogen (secondary N) is 1. The zero-order chi connectivity index (χ0) is 17.7. The van der Waals surface area contributed by atoms with Gasteiger partial charge in [-0.1, -0.05) is 13.8 Å². The molecule has 1 aliphatic heterocycles. The van der Waals surface area contributed by atoms with E-state index in [1.54, 1.807) is 28.0 Å². The summed E-state index contributed by atoms with van der Waals surface area (Å²) in [5.74, 6) is 0.808. The second-order valence-corrected chi connectivity index (χ2v) is 8.61. The van der Waals surface area contributed by atoms with Crippen LogP contribution in [0.3, 0.4) is 0 Å². The lowest BCUT2D eigenvalue weighted by atomic mass is 10.0. The highest BCUT2D eigenvalue weighted by Crippen LogP contribution is 2.41. The number of thioether (sulfide) groups is 1. The van der Waals surface area contributed by atoms with Crippen molar-refractivity contribution in [2.24, 2.45) is 5.92 Å². The standard InChI is InChI=1S/C17H27N3O2S2/c1-12(2)9-14(16(22)18-6-7-19(3)4)20-15(21)11-24-17(20)13-5-8-23-10-13/h5,8,10,12,14,17H,6-7,9,11H2,1-4H3,(H,18,22). The molecule has 2 unspecified atom stereocenters. The number of thiophene rings is 1. The fourth-order valence-electron chi connectivity index (χ4n) is 2.76. The molecule has 0 radical (unpaired) electrons. The van der Waals surface area contributed by atoms with E-state index < -0.39 is 6.04 Å². The monoisotopic (exact) mass is 369 g/mol. The van der Waals surface area contributed by atoms with Crippen LogP contribution in [-0.2, 0) is 9.59 Å². The minimum absolute atomic E-state index is 0.0402. The topological polar surface area (TPSA) is 52.7 Å². The predicted octanol–water partition coefficient (Wildman–Crippen LogP) is 2.41. The highest BCUT2D eigenvalue weighted by atomic mass is 32.2. The molecule has 24 heavy (non-hydrogen) atoms. The van der Waals surface area contributed by atoms with Gasteiger partial charge >= 0.3 is 0 Å². The molecule has 5 nitrogen and oxygen atoms in total. The summed E-state index contributed by atoms with van der Waals surface area (Å²) in [7, 11) is 3.95. The van der Waals surface area contributed by atoms with Gasteiger partial charge in [-0.05, 0) is 48.8 Å². The van der Waals surface area contributed by atoms with E-state index >= 15 is 0 Å². The van der Waals surface area contributed by atoms with E-state index in [1.807, 2.05) is 30.4 Å². The first-order chi connectivity index (χ1) is 11.4. The van der Waals surface area contributed by atoms with Crippen molar-refractivity contribution >= 4 is 34.9 Å². The van der Waals surface area contributed by atoms with Crippen LogP contribution in [0.4, 0.5) is 0 Å². The Balaban J connectivity index is 2.15. The molecule has 0 aromatic carbocycles. The minimum Gasteiger partial charge on any atom is -0.353 e. The Morgan fingerprint density at radius 2 is 2.21 bits per heavy atom. The van der Waals surface area contributed by atoms with Gasteiger partial charge in [0.15, 0.2) is 0 Å². The largest absolute Gasteiger partial charge is 0.353 e. The van der Waals surface area contributed by atoms with Crippen LogP contribution in [0.2, 0.25) is 0 Å². The van der Waals surface area contributed by atoms with Gasteiger partial charge in [0.25, 0.3) is 0 Å². The molecule has 7 heteroatoms. The van der Waals surface area contributed by atoms with Crippen LogP contribution in [-0.4, -0.2) is 60.6 Å². The Bertz CT molecular complexity index is 546. The molecule has 1 saturated heterocycles. The predicted molar refractivity (Wildman–Crippen MR) is 101 cm³/mol. The average molecular weight is 370 g/mol. The van der Waals surface area contributed by atoms with Crippen LogP contribution in [0.25, 0.3) is 0 Å². The van der Waals surface area contributed by atoms with Gasteiger partial charge in [-0.15, -0.1) is 11.8 Å². The molecule has 1 N–H and O–H groups in total.